The fraction of sp³-hybridized carbons (Fsp3) is 0.273. The van der Waals surface area contributed by atoms with Crippen molar-refractivity contribution in [1.82, 2.24) is 10.3 Å². The predicted octanol–water partition coefficient (Wildman–Crippen LogP) is 3.05. The Labute approximate surface area is 101 Å². The molecule has 3 aromatic rings. The van der Waals surface area contributed by atoms with E-state index in [1.165, 1.54) is 0 Å². The van der Waals surface area contributed by atoms with Crippen LogP contribution in [0.25, 0.3) is 21.5 Å². The summed E-state index contributed by atoms with van der Waals surface area (Å²) in [5.41, 5.74) is 9.70. The highest BCUT2D eigenvalue weighted by atomic mass is 32.1. The minimum atomic E-state index is 0.655. The predicted molar refractivity (Wildman–Crippen MR) is 66.0 cm³/mol. The molecule has 88 valence electrons. The number of fused-ring (bicyclic) bond motifs is 1. The summed E-state index contributed by atoms with van der Waals surface area (Å²) >= 11 is 1.58. The Morgan fingerprint density at radius 2 is 1.88 bits per heavy atom. The van der Waals surface area contributed by atoms with Gasteiger partial charge in [0.15, 0.2) is 0 Å². The van der Waals surface area contributed by atoms with Gasteiger partial charge < -0.3 is 14.8 Å². The summed E-state index contributed by atoms with van der Waals surface area (Å²) in [6.45, 7) is 5.71. The van der Waals surface area contributed by atoms with Crippen LogP contribution in [-0.2, 0) is 0 Å². The van der Waals surface area contributed by atoms with Crippen LogP contribution in [0.15, 0.2) is 9.05 Å². The van der Waals surface area contributed by atoms with Crippen LogP contribution >= 0.6 is 11.3 Å². The van der Waals surface area contributed by atoms with Crippen LogP contribution in [0.3, 0.4) is 0 Å². The van der Waals surface area contributed by atoms with E-state index in [4.69, 9.17) is 14.8 Å². The molecule has 0 aliphatic rings. The fourth-order valence-electron chi connectivity index (χ4n) is 1.90. The van der Waals surface area contributed by atoms with Crippen LogP contribution in [0.4, 0.5) is 5.69 Å². The molecule has 0 amide bonds. The smallest absolute Gasteiger partial charge is 0.201 e. The first-order valence-corrected chi connectivity index (χ1v) is 5.98. The quantitative estimate of drug-likeness (QED) is 0.717. The lowest BCUT2D eigenvalue weighted by Gasteiger charge is -1.91. The van der Waals surface area contributed by atoms with Crippen LogP contribution in [0.5, 0.6) is 0 Å². The number of aromatic nitrogens is 2. The van der Waals surface area contributed by atoms with Crippen molar-refractivity contribution in [3.63, 3.8) is 0 Å². The number of anilines is 1. The first-order chi connectivity index (χ1) is 8.09. The van der Waals surface area contributed by atoms with Gasteiger partial charge in [-0.3, -0.25) is 0 Å². The van der Waals surface area contributed by atoms with Crippen LogP contribution in [0, 0.1) is 20.8 Å². The number of thiophene rings is 1. The standard InChI is InChI=1S/C11H11N3O2S/c1-4-7(5(2)15-13-4)9-11-10(16-14-9)8(12)6(3)17-11/h12H2,1-3H3. The zero-order chi connectivity index (χ0) is 12.2. The van der Waals surface area contributed by atoms with Crippen molar-refractivity contribution in [1.29, 1.82) is 0 Å². The summed E-state index contributed by atoms with van der Waals surface area (Å²) in [5, 5.41) is 8.00. The van der Waals surface area contributed by atoms with E-state index in [2.05, 4.69) is 10.3 Å². The van der Waals surface area contributed by atoms with Gasteiger partial charge in [-0.05, 0) is 20.8 Å². The lowest BCUT2D eigenvalue weighted by molar-refractivity contribution is 0.393. The monoisotopic (exact) mass is 249 g/mol. The number of nitrogens with two attached hydrogens (primary N) is 1. The lowest BCUT2D eigenvalue weighted by atomic mass is 10.1. The molecule has 0 saturated carbocycles. The number of hydrogen-bond acceptors (Lipinski definition) is 6. The molecule has 0 spiro atoms. The average Bonchev–Trinajstić information content (AvgIpc) is 2.89. The molecule has 0 radical (unpaired) electrons. The first-order valence-electron chi connectivity index (χ1n) is 5.17. The highest BCUT2D eigenvalue weighted by molar-refractivity contribution is 7.20. The fourth-order valence-corrected chi connectivity index (χ4v) is 2.88. The average molecular weight is 249 g/mol. The first kappa shape index (κ1) is 10.3. The van der Waals surface area contributed by atoms with Gasteiger partial charge in [0.2, 0.25) is 5.58 Å². The second kappa shape index (κ2) is 3.33. The zero-order valence-corrected chi connectivity index (χ0v) is 10.5. The van der Waals surface area contributed by atoms with Gasteiger partial charge in [0.05, 0.1) is 16.9 Å². The van der Waals surface area contributed by atoms with Crippen LogP contribution in [0.2, 0.25) is 0 Å². The number of nitrogen functional groups attached to an aromatic ring is 1. The third-order valence-corrected chi connectivity index (χ3v) is 3.91. The van der Waals surface area contributed by atoms with E-state index >= 15 is 0 Å². The maximum absolute atomic E-state index is 5.92. The molecule has 17 heavy (non-hydrogen) atoms. The highest BCUT2D eigenvalue weighted by Crippen LogP contribution is 2.40. The SMILES string of the molecule is Cc1noc(C)c1-c1noc2c(N)c(C)sc12. The minimum absolute atomic E-state index is 0.655. The van der Waals surface area contributed by atoms with Gasteiger partial charge in [0.1, 0.15) is 16.2 Å². The summed E-state index contributed by atoms with van der Waals surface area (Å²) in [5.74, 6) is 0.738. The maximum atomic E-state index is 5.92. The van der Waals surface area contributed by atoms with Crippen molar-refractivity contribution in [2.75, 3.05) is 5.73 Å². The third kappa shape index (κ3) is 1.30. The molecule has 0 saturated heterocycles. The van der Waals surface area contributed by atoms with E-state index in [9.17, 15) is 0 Å². The van der Waals surface area contributed by atoms with E-state index in [0.717, 1.165) is 32.3 Å². The van der Waals surface area contributed by atoms with Gasteiger partial charge in [-0.1, -0.05) is 10.3 Å². The van der Waals surface area contributed by atoms with E-state index in [0.29, 0.717) is 11.3 Å². The van der Waals surface area contributed by atoms with E-state index in [-0.39, 0.29) is 0 Å². The maximum Gasteiger partial charge on any atom is 0.201 e. The summed E-state index contributed by atoms with van der Waals surface area (Å²) in [4.78, 5) is 1.04. The Morgan fingerprint density at radius 1 is 1.12 bits per heavy atom. The van der Waals surface area contributed by atoms with Crippen molar-refractivity contribution < 1.29 is 9.05 Å². The Balaban J connectivity index is 2.35. The van der Waals surface area contributed by atoms with Crippen LogP contribution < -0.4 is 5.73 Å². The normalized spacial score (nSPS) is 11.5. The van der Waals surface area contributed by atoms with Crippen LogP contribution in [-0.4, -0.2) is 10.3 Å². The van der Waals surface area contributed by atoms with Gasteiger partial charge in [0, 0.05) is 4.88 Å². The van der Waals surface area contributed by atoms with Gasteiger partial charge in [0.25, 0.3) is 0 Å². The molecule has 3 rings (SSSR count). The lowest BCUT2D eigenvalue weighted by Crippen LogP contribution is -1.82. The zero-order valence-electron chi connectivity index (χ0n) is 9.70. The Kier molecular flexibility index (Phi) is 2.03. The molecule has 0 bridgehead atoms. The second-order valence-corrected chi connectivity index (χ2v) is 5.19. The molecule has 3 aromatic heterocycles. The van der Waals surface area contributed by atoms with Gasteiger partial charge in [-0.15, -0.1) is 11.3 Å². The van der Waals surface area contributed by atoms with E-state index in [1.807, 2.05) is 20.8 Å². The molecule has 0 aromatic carbocycles. The summed E-state index contributed by atoms with van der Waals surface area (Å²) in [6, 6.07) is 0. The Morgan fingerprint density at radius 3 is 2.53 bits per heavy atom. The number of rotatable bonds is 1. The topological polar surface area (TPSA) is 78.1 Å². The molecule has 0 aliphatic carbocycles. The van der Waals surface area contributed by atoms with Crippen LogP contribution in [0.1, 0.15) is 16.3 Å². The summed E-state index contributed by atoms with van der Waals surface area (Å²) in [7, 11) is 0. The van der Waals surface area contributed by atoms with Gasteiger partial charge in [-0.25, -0.2) is 0 Å². The van der Waals surface area contributed by atoms with Gasteiger partial charge in [-0.2, -0.15) is 0 Å². The second-order valence-electron chi connectivity index (χ2n) is 3.96. The summed E-state index contributed by atoms with van der Waals surface area (Å²) in [6.07, 6.45) is 0. The third-order valence-electron chi connectivity index (χ3n) is 2.80. The molecule has 2 N–H and O–H groups in total. The number of aryl methyl sites for hydroxylation is 3. The molecule has 0 aliphatic heterocycles. The molecule has 0 unspecified atom stereocenters. The van der Waals surface area contributed by atoms with E-state index in [1.54, 1.807) is 11.3 Å². The molecular weight excluding hydrogens is 238 g/mol. The van der Waals surface area contributed by atoms with E-state index < -0.39 is 0 Å². The Hall–Kier alpha value is -1.82. The molecular formula is C11H11N3O2S. The van der Waals surface area contributed by atoms with Gasteiger partial charge >= 0.3 is 0 Å². The van der Waals surface area contributed by atoms with Crippen molar-refractivity contribution in [2.24, 2.45) is 0 Å². The molecule has 5 nitrogen and oxygen atoms in total. The van der Waals surface area contributed by atoms with Crippen molar-refractivity contribution in [3.8, 4) is 11.3 Å². The van der Waals surface area contributed by atoms with Crippen molar-refractivity contribution >= 4 is 27.3 Å². The van der Waals surface area contributed by atoms with Crippen molar-refractivity contribution in [2.45, 2.75) is 20.8 Å². The molecule has 6 heteroatoms. The summed E-state index contributed by atoms with van der Waals surface area (Å²) < 4.78 is 11.4. The number of hydrogen-bond donors (Lipinski definition) is 1. The number of nitrogens with zero attached hydrogens (tertiary/aromatic N) is 2. The molecule has 0 atom stereocenters. The largest absolute Gasteiger partial charge is 0.395 e. The van der Waals surface area contributed by atoms with Crippen molar-refractivity contribution in [3.05, 3.63) is 16.3 Å². The molecule has 3 heterocycles. The molecule has 0 fully saturated rings. The highest BCUT2D eigenvalue weighted by Gasteiger charge is 2.22. The Bertz CT molecular complexity index is 688. The minimum Gasteiger partial charge on any atom is -0.395 e.